The second-order valence-electron chi connectivity index (χ2n) is 6.59. The highest BCUT2D eigenvalue weighted by Crippen LogP contribution is 2.22. The maximum absolute atomic E-state index is 12.5. The molecule has 3 heteroatoms. The minimum absolute atomic E-state index is 0.0891. The van der Waals surface area contributed by atoms with E-state index in [1.165, 1.54) is 0 Å². The fourth-order valence-corrected chi connectivity index (χ4v) is 2.72. The summed E-state index contributed by atoms with van der Waals surface area (Å²) in [6.45, 7) is 7.42. The molecule has 3 atom stereocenters. The number of carbonyl (C=O) groups is 1. The van der Waals surface area contributed by atoms with Crippen LogP contribution in [0.3, 0.4) is 0 Å². The molecule has 2 rings (SSSR count). The molecule has 0 aromatic heterocycles. The van der Waals surface area contributed by atoms with E-state index in [0.717, 1.165) is 24.0 Å². The third-order valence-corrected chi connectivity index (χ3v) is 4.61. The van der Waals surface area contributed by atoms with E-state index in [1.54, 1.807) is 4.90 Å². The molecule has 1 saturated heterocycles. The third-order valence-electron chi connectivity index (χ3n) is 4.61. The van der Waals surface area contributed by atoms with E-state index in [9.17, 15) is 9.90 Å². The van der Waals surface area contributed by atoms with Gasteiger partial charge in [-0.2, -0.15) is 0 Å². The van der Waals surface area contributed by atoms with Crippen LogP contribution in [0.5, 0.6) is 0 Å². The Kier molecular flexibility index (Phi) is 6.24. The van der Waals surface area contributed by atoms with Crippen LogP contribution in [0.25, 0.3) is 0 Å². The Labute approximate surface area is 139 Å². The van der Waals surface area contributed by atoms with Gasteiger partial charge in [0, 0.05) is 25.1 Å². The summed E-state index contributed by atoms with van der Waals surface area (Å²) in [7, 11) is 0. The van der Waals surface area contributed by atoms with Crippen molar-refractivity contribution in [3.05, 3.63) is 35.4 Å². The Balaban J connectivity index is 2.05. The minimum Gasteiger partial charge on any atom is -0.391 e. The largest absolute Gasteiger partial charge is 0.391 e. The molecule has 23 heavy (non-hydrogen) atoms. The van der Waals surface area contributed by atoms with Gasteiger partial charge in [-0.1, -0.05) is 44.2 Å². The molecule has 0 aliphatic carbocycles. The van der Waals surface area contributed by atoms with Crippen molar-refractivity contribution < 1.29 is 9.90 Å². The zero-order valence-electron chi connectivity index (χ0n) is 14.4. The smallest absolute Gasteiger partial charge is 0.229 e. The van der Waals surface area contributed by atoms with Gasteiger partial charge in [-0.15, -0.1) is 0 Å². The van der Waals surface area contributed by atoms with Crippen molar-refractivity contribution in [2.24, 2.45) is 5.92 Å². The number of rotatable bonds is 4. The minimum atomic E-state index is -0.371. The first-order valence-electron chi connectivity index (χ1n) is 8.57. The highest BCUT2D eigenvalue weighted by atomic mass is 16.3. The van der Waals surface area contributed by atoms with Gasteiger partial charge in [0.25, 0.3) is 0 Å². The summed E-state index contributed by atoms with van der Waals surface area (Å²) in [6.07, 6.45) is 2.35. The molecule has 1 N–H and O–H groups in total. The highest BCUT2D eigenvalue weighted by Gasteiger charge is 2.28. The van der Waals surface area contributed by atoms with E-state index in [-0.39, 0.29) is 17.9 Å². The molecule has 1 aromatic rings. The molecule has 1 amide bonds. The topological polar surface area (TPSA) is 40.5 Å². The van der Waals surface area contributed by atoms with Gasteiger partial charge in [0.1, 0.15) is 0 Å². The van der Waals surface area contributed by atoms with E-state index in [4.69, 9.17) is 0 Å². The number of amides is 1. The number of carbonyl (C=O) groups excluding carboxylic acids is 1. The number of hydrogen-bond donors (Lipinski definition) is 1. The first-order chi connectivity index (χ1) is 11.0. The maximum Gasteiger partial charge on any atom is 0.229 e. The van der Waals surface area contributed by atoms with Gasteiger partial charge in [-0.3, -0.25) is 4.79 Å². The van der Waals surface area contributed by atoms with Crippen molar-refractivity contribution in [1.82, 2.24) is 4.90 Å². The summed E-state index contributed by atoms with van der Waals surface area (Å²) in [4.78, 5) is 14.3. The summed E-state index contributed by atoms with van der Waals surface area (Å²) >= 11 is 0. The van der Waals surface area contributed by atoms with Crippen molar-refractivity contribution in [2.45, 2.75) is 52.1 Å². The van der Waals surface area contributed by atoms with E-state index in [1.807, 2.05) is 31.2 Å². The summed E-state index contributed by atoms with van der Waals surface area (Å²) in [5.41, 5.74) is 1.96. The second-order valence-corrected chi connectivity index (χ2v) is 6.59. The molecule has 1 aliphatic heterocycles. The van der Waals surface area contributed by atoms with Crippen LogP contribution in [0.15, 0.2) is 24.3 Å². The number of hydrogen-bond acceptors (Lipinski definition) is 2. The van der Waals surface area contributed by atoms with Crippen LogP contribution >= 0.6 is 0 Å². The molecule has 124 valence electrons. The molecular formula is C20H27NO2. The predicted molar refractivity (Wildman–Crippen MR) is 93.0 cm³/mol. The normalized spacial score (nSPS) is 19.8. The first kappa shape index (κ1) is 17.6. The molecular weight excluding hydrogens is 286 g/mol. The van der Waals surface area contributed by atoms with Crippen molar-refractivity contribution >= 4 is 5.91 Å². The monoisotopic (exact) mass is 313 g/mol. The van der Waals surface area contributed by atoms with Crippen molar-refractivity contribution in [2.75, 3.05) is 13.1 Å². The molecule has 0 saturated carbocycles. The molecule has 1 heterocycles. The number of aliphatic hydroxyl groups excluding tert-OH is 1. The Hall–Kier alpha value is -1.79. The van der Waals surface area contributed by atoms with Gasteiger partial charge in [0.15, 0.2) is 0 Å². The summed E-state index contributed by atoms with van der Waals surface area (Å²) < 4.78 is 0. The van der Waals surface area contributed by atoms with E-state index >= 15 is 0 Å². The molecule has 1 aromatic carbocycles. The van der Waals surface area contributed by atoms with E-state index in [0.29, 0.717) is 25.4 Å². The van der Waals surface area contributed by atoms with Crippen LogP contribution in [0.2, 0.25) is 0 Å². The SMILES string of the molecule is CCC(C)CC#Cc1cccc([C@@H](C)C(=O)N2CCC(O)C2)c1. The van der Waals surface area contributed by atoms with Crippen molar-refractivity contribution in [1.29, 1.82) is 0 Å². The summed E-state index contributed by atoms with van der Waals surface area (Å²) in [5.74, 6) is 6.95. The van der Waals surface area contributed by atoms with Crippen LogP contribution in [-0.4, -0.2) is 35.1 Å². The zero-order chi connectivity index (χ0) is 16.8. The molecule has 0 spiro atoms. The Bertz CT molecular complexity index is 599. The fourth-order valence-electron chi connectivity index (χ4n) is 2.72. The predicted octanol–water partition coefficient (Wildman–Crippen LogP) is 3.17. The van der Waals surface area contributed by atoms with Crippen LogP contribution < -0.4 is 0 Å². The van der Waals surface area contributed by atoms with Crippen LogP contribution in [0, 0.1) is 17.8 Å². The zero-order valence-corrected chi connectivity index (χ0v) is 14.4. The molecule has 3 nitrogen and oxygen atoms in total. The van der Waals surface area contributed by atoms with E-state index in [2.05, 4.69) is 25.7 Å². The lowest BCUT2D eigenvalue weighted by atomic mass is 9.97. The average Bonchev–Trinajstić information content (AvgIpc) is 3.00. The lowest BCUT2D eigenvalue weighted by Gasteiger charge is -2.20. The van der Waals surface area contributed by atoms with Crippen LogP contribution in [0.1, 0.15) is 57.1 Å². The maximum atomic E-state index is 12.5. The first-order valence-corrected chi connectivity index (χ1v) is 8.57. The summed E-state index contributed by atoms with van der Waals surface area (Å²) in [6, 6.07) is 7.95. The van der Waals surface area contributed by atoms with Crippen LogP contribution in [0.4, 0.5) is 0 Å². The van der Waals surface area contributed by atoms with Gasteiger partial charge in [-0.25, -0.2) is 0 Å². The molecule has 1 aliphatic rings. The average molecular weight is 313 g/mol. The molecule has 2 unspecified atom stereocenters. The molecule has 1 fully saturated rings. The van der Waals surface area contributed by atoms with Gasteiger partial charge in [-0.05, 0) is 37.0 Å². The summed E-state index contributed by atoms with van der Waals surface area (Å²) in [5, 5.41) is 9.59. The van der Waals surface area contributed by atoms with Gasteiger partial charge >= 0.3 is 0 Å². The Morgan fingerprint density at radius 3 is 2.87 bits per heavy atom. The van der Waals surface area contributed by atoms with Gasteiger partial charge in [0.2, 0.25) is 5.91 Å². The highest BCUT2D eigenvalue weighted by molar-refractivity contribution is 5.83. The number of likely N-dealkylation sites (tertiary alicyclic amines) is 1. The molecule has 0 radical (unpaired) electrons. The van der Waals surface area contributed by atoms with Crippen LogP contribution in [-0.2, 0) is 4.79 Å². The van der Waals surface area contributed by atoms with Gasteiger partial charge < -0.3 is 10.0 Å². The number of aliphatic hydroxyl groups is 1. The Morgan fingerprint density at radius 2 is 2.22 bits per heavy atom. The lowest BCUT2D eigenvalue weighted by molar-refractivity contribution is -0.131. The van der Waals surface area contributed by atoms with Crippen molar-refractivity contribution in [3.8, 4) is 11.8 Å². The van der Waals surface area contributed by atoms with Crippen molar-refractivity contribution in [3.63, 3.8) is 0 Å². The lowest BCUT2D eigenvalue weighted by Crippen LogP contribution is -2.33. The fraction of sp³-hybridized carbons (Fsp3) is 0.550. The third kappa shape index (κ3) is 4.84. The standard InChI is InChI=1S/C20H27NO2/c1-4-15(2)7-5-8-17-9-6-10-18(13-17)16(3)20(23)21-12-11-19(22)14-21/h6,9-10,13,15-16,19,22H,4,7,11-12,14H2,1-3H3/t15?,16-,19?/m1/s1. The molecule has 0 bridgehead atoms. The number of benzene rings is 1. The van der Waals surface area contributed by atoms with Gasteiger partial charge in [0.05, 0.1) is 12.0 Å². The second kappa shape index (κ2) is 8.17. The van der Waals surface area contributed by atoms with E-state index < -0.39 is 0 Å². The number of β-amino-alcohol motifs (C(OH)–C–C–N with tert-alkyl or cyclic N) is 1. The quantitative estimate of drug-likeness (QED) is 0.867. The Morgan fingerprint density at radius 1 is 1.43 bits per heavy atom. The number of nitrogens with zero attached hydrogens (tertiary/aromatic N) is 1.